The van der Waals surface area contributed by atoms with Crippen molar-refractivity contribution in [1.29, 1.82) is 0 Å². The van der Waals surface area contributed by atoms with Gasteiger partial charge in [-0.2, -0.15) is 0 Å². The van der Waals surface area contributed by atoms with Crippen LogP contribution in [0.15, 0.2) is 34.9 Å². The van der Waals surface area contributed by atoms with Crippen LogP contribution in [0.3, 0.4) is 0 Å². The van der Waals surface area contributed by atoms with Crippen molar-refractivity contribution < 1.29 is 23.6 Å². The number of hydrogen-bond acceptors (Lipinski definition) is 6. The predicted molar refractivity (Wildman–Crippen MR) is 136 cm³/mol. The smallest absolute Gasteiger partial charge is 0.337 e. The molecule has 3 fully saturated rings. The van der Waals surface area contributed by atoms with E-state index in [1.807, 2.05) is 19.1 Å². The van der Waals surface area contributed by atoms with Gasteiger partial charge in [0, 0.05) is 29.1 Å². The van der Waals surface area contributed by atoms with E-state index in [4.69, 9.17) is 9.26 Å². The third-order valence-electron chi connectivity index (χ3n) is 8.35. The molecule has 4 heterocycles. The summed E-state index contributed by atoms with van der Waals surface area (Å²) in [6, 6.07) is 9.10. The zero-order valence-electron chi connectivity index (χ0n) is 21.4. The minimum atomic E-state index is -0.954. The summed E-state index contributed by atoms with van der Waals surface area (Å²) in [6.45, 7) is 6.26. The van der Waals surface area contributed by atoms with Crippen LogP contribution in [-0.2, 0) is 11.3 Å². The maximum atomic E-state index is 14.8. The highest BCUT2D eigenvalue weighted by Gasteiger charge is 2.46. The van der Waals surface area contributed by atoms with E-state index in [9.17, 15) is 14.3 Å². The highest BCUT2D eigenvalue weighted by Crippen LogP contribution is 2.46. The molecule has 8 heteroatoms. The van der Waals surface area contributed by atoms with Crippen molar-refractivity contribution in [3.05, 3.63) is 64.3 Å². The SMILES string of the molecule is Cc1cccc(F)c1-c1noc(C2CC2)c1COC1CC2C[C@@H](C)C(C1)N2c1ccc(C(=O)O)c(C)n1. The molecule has 3 unspecified atom stereocenters. The number of pyridine rings is 1. The minimum absolute atomic E-state index is 0.0621. The molecule has 2 saturated heterocycles. The van der Waals surface area contributed by atoms with Crippen LogP contribution in [0.5, 0.6) is 0 Å². The lowest BCUT2D eigenvalue weighted by Gasteiger charge is -2.40. The Kier molecular flexibility index (Phi) is 6.02. The number of benzene rings is 1. The fourth-order valence-electron chi connectivity index (χ4n) is 6.34. The number of rotatable bonds is 7. The number of piperidine rings is 1. The Labute approximate surface area is 215 Å². The van der Waals surface area contributed by atoms with Gasteiger partial charge in [-0.15, -0.1) is 0 Å². The summed E-state index contributed by atoms with van der Waals surface area (Å²) < 4.78 is 27.1. The molecule has 194 valence electrons. The quantitative estimate of drug-likeness (QED) is 0.419. The Morgan fingerprint density at radius 3 is 2.68 bits per heavy atom. The van der Waals surface area contributed by atoms with Crippen molar-refractivity contribution in [2.75, 3.05) is 4.90 Å². The van der Waals surface area contributed by atoms with Crippen LogP contribution in [-0.4, -0.2) is 39.4 Å². The molecule has 0 amide bonds. The molecular weight excluding hydrogens is 473 g/mol. The van der Waals surface area contributed by atoms with Gasteiger partial charge in [-0.05, 0) is 75.6 Å². The molecule has 2 bridgehead atoms. The van der Waals surface area contributed by atoms with E-state index in [1.54, 1.807) is 19.1 Å². The lowest BCUT2D eigenvalue weighted by atomic mass is 9.96. The molecule has 1 saturated carbocycles. The van der Waals surface area contributed by atoms with E-state index >= 15 is 0 Å². The van der Waals surface area contributed by atoms with Gasteiger partial charge in [0.2, 0.25) is 0 Å². The average molecular weight is 506 g/mol. The first kappa shape index (κ1) is 24.1. The average Bonchev–Trinajstić information content (AvgIpc) is 3.58. The molecule has 4 atom stereocenters. The third-order valence-corrected chi connectivity index (χ3v) is 8.35. The molecule has 0 radical (unpaired) electrons. The standard InChI is InChI=1S/C29H32FN3O4/c1-15-5-4-6-23(30)26(15)27-22(28(37-32-27)18-7-8-18)14-36-20-12-19-11-16(2)24(13-20)33(19)25-10-9-21(29(34)35)17(3)31-25/h4-6,9-10,16,18-20,24H,7-8,11-14H2,1-3H3,(H,34,35)/t16-,19?,20?,24?/m1/s1. The largest absolute Gasteiger partial charge is 0.478 e. The lowest BCUT2D eigenvalue weighted by molar-refractivity contribution is 0.0134. The minimum Gasteiger partial charge on any atom is -0.478 e. The van der Waals surface area contributed by atoms with E-state index < -0.39 is 5.97 Å². The number of anilines is 1. The summed E-state index contributed by atoms with van der Waals surface area (Å²) in [7, 11) is 0. The molecule has 3 aromatic rings. The highest BCUT2D eigenvalue weighted by atomic mass is 19.1. The maximum absolute atomic E-state index is 14.8. The van der Waals surface area contributed by atoms with Gasteiger partial charge in [0.15, 0.2) is 0 Å². The summed E-state index contributed by atoms with van der Waals surface area (Å²) in [4.78, 5) is 18.5. The first-order chi connectivity index (χ1) is 17.8. The number of halogens is 1. The number of aromatic nitrogens is 2. The van der Waals surface area contributed by atoms with Gasteiger partial charge < -0.3 is 19.3 Å². The molecule has 2 aromatic heterocycles. The number of nitrogens with zero attached hydrogens (tertiary/aromatic N) is 3. The second-order valence-corrected chi connectivity index (χ2v) is 10.9. The van der Waals surface area contributed by atoms with Gasteiger partial charge in [-0.3, -0.25) is 0 Å². The molecule has 1 aromatic carbocycles. The topological polar surface area (TPSA) is 88.7 Å². The second-order valence-electron chi connectivity index (χ2n) is 10.9. The van der Waals surface area contributed by atoms with Crippen LogP contribution in [0.25, 0.3) is 11.3 Å². The van der Waals surface area contributed by atoms with Gasteiger partial charge in [0.1, 0.15) is 23.1 Å². The molecule has 37 heavy (non-hydrogen) atoms. The summed E-state index contributed by atoms with van der Waals surface area (Å²) in [5.41, 5.74) is 3.53. The van der Waals surface area contributed by atoms with E-state index in [2.05, 4.69) is 22.0 Å². The van der Waals surface area contributed by atoms with Gasteiger partial charge >= 0.3 is 5.97 Å². The molecule has 2 aliphatic heterocycles. The van der Waals surface area contributed by atoms with Crippen molar-refractivity contribution >= 4 is 11.8 Å². The van der Waals surface area contributed by atoms with Gasteiger partial charge in [0.25, 0.3) is 0 Å². The fourth-order valence-corrected chi connectivity index (χ4v) is 6.34. The van der Waals surface area contributed by atoms with Crippen molar-refractivity contribution in [2.24, 2.45) is 5.92 Å². The van der Waals surface area contributed by atoms with Crippen LogP contribution in [0.4, 0.5) is 10.2 Å². The lowest BCUT2D eigenvalue weighted by Crippen LogP contribution is -2.47. The fraction of sp³-hybridized carbons (Fsp3) is 0.483. The van der Waals surface area contributed by atoms with Crippen LogP contribution in [0, 0.1) is 25.6 Å². The van der Waals surface area contributed by atoms with E-state index in [0.29, 0.717) is 35.4 Å². The Morgan fingerprint density at radius 1 is 1.19 bits per heavy atom. The summed E-state index contributed by atoms with van der Waals surface area (Å²) >= 11 is 0. The number of fused-ring (bicyclic) bond motifs is 2. The van der Waals surface area contributed by atoms with Crippen LogP contribution < -0.4 is 4.90 Å². The number of aromatic carboxylic acids is 1. The summed E-state index contributed by atoms with van der Waals surface area (Å²) in [5, 5.41) is 13.7. The van der Waals surface area contributed by atoms with Gasteiger partial charge in [-0.1, -0.05) is 24.2 Å². The van der Waals surface area contributed by atoms with Crippen molar-refractivity contribution in [1.82, 2.24) is 10.1 Å². The number of ether oxygens (including phenoxy) is 1. The zero-order chi connectivity index (χ0) is 25.8. The number of carboxylic acids is 1. The molecule has 3 aliphatic rings. The zero-order valence-corrected chi connectivity index (χ0v) is 21.4. The second kappa shape index (κ2) is 9.24. The van der Waals surface area contributed by atoms with Crippen LogP contribution in [0.2, 0.25) is 0 Å². The Bertz CT molecular complexity index is 1330. The first-order valence-electron chi connectivity index (χ1n) is 13.2. The van der Waals surface area contributed by atoms with Crippen molar-refractivity contribution in [3.8, 4) is 11.3 Å². The number of carbonyl (C=O) groups is 1. The molecule has 1 N–H and O–H groups in total. The van der Waals surface area contributed by atoms with E-state index in [0.717, 1.165) is 54.8 Å². The molecule has 1 aliphatic carbocycles. The Morgan fingerprint density at radius 2 is 2.00 bits per heavy atom. The first-order valence-corrected chi connectivity index (χ1v) is 13.2. The van der Waals surface area contributed by atoms with Crippen LogP contribution in [0.1, 0.15) is 77.9 Å². The molecule has 6 rings (SSSR count). The Balaban J connectivity index is 1.22. The Hall–Kier alpha value is -3.26. The van der Waals surface area contributed by atoms with Gasteiger partial charge in [-0.25, -0.2) is 14.2 Å². The van der Waals surface area contributed by atoms with Crippen molar-refractivity contribution in [2.45, 2.75) is 83.6 Å². The van der Waals surface area contributed by atoms with E-state index in [-0.39, 0.29) is 29.6 Å². The highest BCUT2D eigenvalue weighted by molar-refractivity contribution is 5.89. The number of aryl methyl sites for hydroxylation is 2. The monoisotopic (exact) mass is 505 g/mol. The normalized spacial score (nSPS) is 25.0. The predicted octanol–water partition coefficient (Wildman–Crippen LogP) is 6.03. The number of carboxylic acid groups (broad SMARTS) is 1. The summed E-state index contributed by atoms with van der Waals surface area (Å²) in [5.74, 6) is 1.25. The molecule has 0 spiro atoms. The number of hydrogen-bond donors (Lipinski definition) is 1. The third kappa shape index (κ3) is 4.31. The summed E-state index contributed by atoms with van der Waals surface area (Å²) in [6.07, 6.45) is 4.95. The molecule has 7 nitrogen and oxygen atoms in total. The van der Waals surface area contributed by atoms with Crippen molar-refractivity contribution in [3.63, 3.8) is 0 Å². The van der Waals surface area contributed by atoms with Crippen LogP contribution >= 0.6 is 0 Å². The maximum Gasteiger partial charge on any atom is 0.337 e. The molecular formula is C29H32FN3O4. The van der Waals surface area contributed by atoms with E-state index in [1.165, 1.54) is 6.07 Å². The van der Waals surface area contributed by atoms with Gasteiger partial charge in [0.05, 0.1) is 24.0 Å².